The number of aromatic nitrogens is 2. The largest absolute Gasteiger partial charge is 0.396 e. The lowest BCUT2D eigenvalue weighted by atomic mass is 9.95. The zero-order valence-corrected chi connectivity index (χ0v) is 12.8. The van der Waals surface area contributed by atoms with Crippen molar-refractivity contribution >= 4 is 11.7 Å². The molecule has 3 rings (SSSR count). The molecule has 1 saturated carbocycles. The van der Waals surface area contributed by atoms with Crippen molar-refractivity contribution in [3.05, 3.63) is 17.5 Å². The summed E-state index contributed by atoms with van der Waals surface area (Å²) in [4.78, 5) is 24.3. The Labute approximate surface area is 129 Å². The molecule has 0 bridgehead atoms. The first-order valence-corrected chi connectivity index (χ1v) is 8.22. The maximum Gasteiger partial charge on any atom is 0.272 e. The van der Waals surface area contributed by atoms with Gasteiger partial charge in [0.05, 0.1) is 0 Å². The number of aliphatic hydroxyl groups excluding tert-OH is 1. The monoisotopic (exact) mass is 305 g/mol. The van der Waals surface area contributed by atoms with E-state index < -0.39 is 0 Å². The zero-order valence-electron chi connectivity index (χ0n) is 12.8. The molecule has 6 nitrogen and oxygen atoms in total. The van der Waals surface area contributed by atoms with Crippen LogP contribution in [0.25, 0.3) is 0 Å². The number of aryl methyl sites for hydroxylation is 1. The van der Waals surface area contributed by atoms with Crippen LogP contribution in [-0.2, 0) is 6.54 Å². The fraction of sp³-hybridized carbons (Fsp3) is 0.688. The highest BCUT2D eigenvalue weighted by atomic mass is 16.3. The van der Waals surface area contributed by atoms with Crippen molar-refractivity contribution in [3.8, 4) is 0 Å². The molecule has 1 atom stereocenters. The molecular formula is C16H23N3O3. The Balaban J connectivity index is 1.71. The summed E-state index contributed by atoms with van der Waals surface area (Å²) >= 11 is 0. The van der Waals surface area contributed by atoms with E-state index in [-0.39, 0.29) is 24.3 Å². The highest BCUT2D eigenvalue weighted by Gasteiger charge is 2.28. The van der Waals surface area contributed by atoms with Crippen LogP contribution in [0.15, 0.2) is 6.07 Å². The van der Waals surface area contributed by atoms with Gasteiger partial charge in [-0.15, -0.1) is 0 Å². The predicted octanol–water partition coefficient (Wildman–Crippen LogP) is 1.53. The van der Waals surface area contributed by atoms with Gasteiger partial charge in [0.15, 0.2) is 11.5 Å². The highest BCUT2D eigenvalue weighted by Crippen LogP contribution is 2.29. The van der Waals surface area contributed by atoms with Crippen LogP contribution < -0.4 is 5.32 Å². The summed E-state index contributed by atoms with van der Waals surface area (Å²) < 4.78 is 1.64. The number of aliphatic hydroxyl groups is 1. The summed E-state index contributed by atoms with van der Waals surface area (Å²) in [6, 6.07) is 1.59. The van der Waals surface area contributed by atoms with Crippen LogP contribution in [0.2, 0.25) is 0 Å². The third kappa shape index (κ3) is 3.06. The van der Waals surface area contributed by atoms with Gasteiger partial charge in [-0.25, -0.2) is 0 Å². The maximum absolute atomic E-state index is 12.4. The molecule has 6 heteroatoms. The fourth-order valence-electron chi connectivity index (χ4n) is 3.61. The average Bonchev–Trinajstić information content (AvgIpc) is 3.17. The lowest BCUT2D eigenvalue weighted by molar-refractivity contribution is 0.0903. The molecule has 22 heavy (non-hydrogen) atoms. The van der Waals surface area contributed by atoms with Crippen molar-refractivity contribution in [2.45, 2.75) is 57.5 Å². The van der Waals surface area contributed by atoms with Gasteiger partial charge in [-0.05, 0) is 31.6 Å². The van der Waals surface area contributed by atoms with Gasteiger partial charge in [-0.2, -0.15) is 5.10 Å². The van der Waals surface area contributed by atoms with Crippen molar-refractivity contribution < 1.29 is 14.7 Å². The number of carbonyl (C=O) groups excluding carboxylic acids is 2. The molecule has 2 N–H and O–H groups in total. The number of fused-ring (bicyclic) bond motifs is 1. The van der Waals surface area contributed by atoms with E-state index in [4.69, 9.17) is 0 Å². The number of ketones is 1. The Morgan fingerprint density at radius 2 is 2.18 bits per heavy atom. The summed E-state index contributed by atoms with van der Waals surface area (Å²) in [6.07, 6.45) is 6.46. The van der Waals surface area contributed by atoms with Gasteiger partial charge in [0.2, 0.25) is 0 Å². The van der Waals surface area contributed by atoms with Gasteiger partial charge in [0.25, 0.3) is 5.91 Å². The Kier molecular flexibility index (Phi) is 4.57. The molecule has 1 aromatic rings. The molecule has 0 aromatic carbocycles. The average molecular weight is 305 g/mol. The SMILES string of the molecule is O=C(N[C@@H](CCO)C1CCCC1)c1cc2n(n1)CCCC2=O. The molecule has 1 aromatic heterocycles. The van der Waals surface area contributed by atoms with Crippen LogP contribution >= 0.6 is 0 Å². The molecule has 1 fully saturated rings. The van der Waals surface area contributed by atoms with Crippen molar-refractivity contribution in [2.24, 2.45) is 5.92 Å². The third-order valence-electron chi connectivity index (χ3n) is 4.80. The Bertz CT molecular complexity index is 561. The Morgan fingerprint density at radius 1 is 1.41 bits per heavy atom. The van der Waals surface area contributed by atoms with Gasteiger partial charge in [-0.1, -0.05) is 12.8 Å². The number of nitrogens with one attached hydrogen (secondary N) is 1. The van der Waals surface area contributed by atoms with Crippen LogP contribution in [0.4, 0.5) is 0 Å². The van der Waals surface area contributed by atoms with Gasteiger partial charge < -0.3 is 10.4 Å². The van der Waals surface area contributed by atoms with Crippen LogP contribution in [0, 0.1) is 5.92 Å². The molecule has 0 unspecified atom stereocenters. The second-order valence-corrected chi connectivity index (χ2v) is 6.30. The third-order valence-corrected chi connectivity index (χ3v) is 4.80. The molecule has 0 radical (unpaired) electrons. The zero-order chi connectivity index (χ0) is 15.5. The summed E-state index contributed by atoms with van der Waals surface area (Å²) in [6.45, 7) is 0.761. The van der Waals surface area contributed by atoms with E-state index in [1.54, 1.807) is 10.7 Å². The molecule has 1 amide bonds. The Hall–Kier alpha value is -1.69. The van der Waals surface area contributed by atoms with E-state index in [0.29, 0.717) is 36.7 Å². The van der Waals surface area contributed by atoms with Crippen LogP contribution in [0.3, 0.4) is 0 Å². The van der Waals surface area contributed by atoms with Gasteiger partial charge in [0, 0.05) is 31.7 Å². The fourth-order valence-corrected chi connectivity index (χ4v) is 3.61. The minimum atomic E-state index is -0.236. The molecular weight excluding hydrogens is 282 g/mol. The number of nitrogens with zero attached hydrogens (tertiary/aromatic N) is 2. The minimum absolute atomic E-state index is 0.00516. The second-order valence-electron chi connectivity index (χ2n) is 6.30. The number of rotatable bonds is 5. The van der Waals surface area contributed by atoms with Gasteiger partial charge in [0.1, 0.15) is 5.69 Å². The van der Waals surface area contributed by atoms with E-state index in [1.165, 1.54) is 12.8 Å². The quantitative estimate of drug-likeness (QED) is 0.864. The molecule has 1 aliphatic carbocycles. The number of hydrogen-bond acceptors (Lipinski definition) is 4. The number of hydrogen-bond donors (Lipinski definition) is 2. The van der Waals surface area contributed by atoms with Crippen molar-refractivity contribution in [3.63, 3.8) is 0 Å². The lowest BCUT2D eigenvalue weighted by Crippen LogP contribution is -2.40. The molecule has 2 aliphatic rings. The number of carbonyl (C=O) groups is 2. The molecule has 0 spiro atoms. The standard InChI is InChI=1S/C16H23N3O3/c20-9-7-12(11-4-1-2-5-11)17-16(22)13-10-14-15(21)6-3-8-19(14)18-13/h10-12,20H,1-9H2,(H,17,22)/t12-/m0/s1. The van der Waals surface area contributed by atoms with Crippen molar-refractivity contribution in [1.29, 1.82) is 0 Å². The lowest BCUT2D eigenvalue weighted by Gasteiger charge is -2.23. The smallest absolute Gasteiger partial charge is 0.272 e. The van der Waals surface area contributed by atoms with Crippen molar-refractivity contribution in [2.75, 3.05) is 6.61 Å². The second kappa shape index (κ2) is 6.60. The van der Waals surface area contributed by atoms with E-state index in [0.717, 1.165) is 19.3 Å². The molecule has 2 heterocycles. The number of Topliss-reactive ketones (excluding diaryl/α,β-unsaturated/α-hetero) is 1. The first-order chi connectivity index (χ1) is 10.7. The topological polar surface area (TPSA) is 84.2 Å². The summed E-state index contributed by atoms with van der Waals surface area (Å²) in [5.41, 5.74) is 0.849. The van der Waals surface area contributed by atoms with Gasteiger partial charge in [-0.3, -0.25) is 14.3 Å². The minimum Gasteiger partial charge on any atom is -0.396 e. The normalized spacial score (nSPS) is 20.0. The molecule has 1 aliphatic heterocycles. The summed E-state index contributed by atoms with van der Waals surface area (Å²) in [5.74, 6) is 0.260. The molecule has 120 valence electrons. The van der Waals surface area contributed by atoms with E-state index in [1.807, 2.05) is 0 Å². The van der Waals surface area contributed by atoms with Gasteiger partial charge >= 0.3 is 0 Å². The van der Waals surface area contributed by atoms with Crippen molar-refractivity contribution in [1.82, 2.24) is 15.1 Å². The van der Waals surface area contributed by atoms with Crippen LogP contribution in [-0.4, -0.2) is 39.2 Å². The maximum atomic E-state index is 12.4. The summed E-state index contributed by atoms with van der Waals surface area (Å²) in [5, 5.41) is 16.5. The predicted molar refractivity (Wildman–Crippen MR) is 80.7 cm³/mol. The van der Waals surface area contributed by atoms with Crippen LogP contribution in [0.1, 0.15) is 65.9 Å². The first-order valence-electron chi connectivity index (χ1n) is 8.22. The van der Waals surface area contributed by atoms with Crippen LogP contribution in [0.5, 0.6) is 0 Å². The first kappa shape index (κ1) is 15.2. The van der Waals surface area contributed by atoms with E-state index >= 15 is 0 Å². The Morgan fingerprint density at radius 3 is 2.86 bits per heavy atom. The highest BCUT2D eigenvalue weighted by molar-refractivity contribution is 5.99. The summed E-state index contributed by atoms with van der Waals surface area (Å²) in [7, 11) is 0. The van der Waals surface area contributed by atoms with E-state index in [2.05, 4.69) is 10.4 Å². The number of amides is 1. The van der Waals surface area contributed by atoms with E-state index in [9.17, 15) is 14.7 Å². The molecule has 0 saturated heterocycles.